The first-order chi connectivity index (χ1) is 21.4. The number of carbonyl (C=O) groups is 1. The molecule has 44 heavy (non-hydrogen) atoms. The van der Waals surface area contributed by atoms with Gasteiger partial charge in [0, 0.05) is 47.7 Å². The van der Waals surface area contributed by atoms with Crippen LogP contribution >= 0.6 is 11.3 Å². The Morgan fingerprint density at radius 1 is 0.955 bits per heavy atom. The minimum Gasteiger partial charge on any atom is -0.375 e. The third-order valence-electron chi connectivity index (χ3n) is 9.86. The maximum atomic E-state index is 14.0. The summed E-state index contributed by atoms with van der Waals surface area (Å²) in [4.78, 5) is 28.2. The number of imidazole rings is 1. The van der Waals surface area contributed by atoms with Crippen molar-refractivity contribution in [1.29, 1.82) is 0 Å². The van der Waals surface area contributed by atoms with Gasteiger partial charge in [-0.15, -0.1) is 11.3 Å². The molecule has 0 radical (unpaired) electrons. The number of hydrogen-bond acceptors (Lipinski definition) is 6. The molecule has 2 saturated carbocycles. The molecule has 9 heteroatoms. The summed E-state index contributed by atoms with van der Waals surface area (Å²) in [5.74, 6) is 1.34. The van der Waals surface area contributed by atoms with Crippen molar-refractivity contribution in [1.82, 2.24) is 29.4 Å². The number of nitrogens with one attached hydrogen (secondary N) is 1. The lowest BCUT2D eigenvalue weighted by molar-refractivity contribution is 0.0805. The highest BCUT2D eigenvalue weighted by Crippen LogP contribution is 2.45. The first kappa shape index (κ1) is 27.1. The van der Waals surface area contributed by atoms with Crippen LogP contribution in [0.5, 0.6) is 0 Å². The second-order valence-electron chi connectivity index (χ2n) is 12.4. The SMILES string of the molecule is Cn1c(C2(NC(=O)c3ccc4c(C5CCCC5)c(-c5ccccn5)n(C)c4c3)CCC2)nc2cc(-c3csc(N)n3)ccc21. The summed E-state index contributed by atoms with van der Waals surface area (Å²) in [6.45, 7) is 0. The van der Waals surface area contributed by atoms with Crippen LogP contribution in [0.2, 0.25) is 0 Å². The van der Waals surface area contributed by atoms with E-state index >= 15 is 0 Å². The molecule has 8 rings (SSSR count). The fraction of sp³-hybridized carbons (Fsp3) is 0.314. The Balaban J connectivity index is 1.15. The Bertz CT molecular complexity index is 2040. The monoisotopic (exact) mass is 601 g/mol. The Labute approximate surface area is 260 Å². The Morgan fingerprint density at radius 3 is 2.50 bits per heavy atom. The molecule has 6 aromatic rings. The van der Waals surface area contributed by atoms with E-state index in [1.165, 1.54) is 53.7 Å². The van der Waals surface area contributed by atoms with Gasteiger partial charge in [-0.2, -0.15) is 0 Å². The van der Waals surface area contributed by atoms with Crippen LogP contribution < -0.4 is 11.1 Å². The average molecular weight is 602 g/mol. The number of benzene rings is 2. The number of hydrogen-bond donors (Lipinski definition) is 2. The summed E-state index contributed by atoms with van der Waals surface area (Å²) in [7, 11) is 4.14. The lowest BCUT2D eigenvalue weighted by Crippen LogP contribution is -2.52. The number of fused-ring (bicyclic) bond motifs is 2. The van der Waals surface area contributed by atoms with Gasteiger partial charge in [-0.25, -0.2) is 9.97 Å². The van der Waals surface area contributed by atoms with Crippen LogP contribution in [0.3, 0.4) is 0 Å². The molecule has 8 nitrogen and oxygen atoms in total. The average Bonchev–Trinajstić information content (AvgIpc) is 3.82. The summed E-state index contributed by atoms with van der Waals surface area (Å²) < 4.78 is 4.36. The van der Waals surface area contributed by atoms with Crippen LogP contribution in [0, 0.1) is 0 Å². The van der Waals surface area contributed by atoms with E-state index in [2.05, 4.69) is 62.9 Å². The van der Waals surface area contributed by atoms with Crippen LogP contribution in [-0.4, -0.2) is 30.0 Å². The van der Waals surface area contributed by atoms with E-state index in [9.17, 15) is 4.79 Å². The Hall–Kier alpha value is -4.50. The van der Waals surface area contributed by atoms with Crippen molar-refractivity contribution in [3.05, 3.63) is 83.1 Å². The molecule has 0 bridgehead atoms. The number of aryl methyl sites for hydroxylation is 2. The van der Waals surface area contributed by atoms with Crippen molar-refractivity contribution in [3.8, 4) is 22.6 Å². The summed E-state index contributed by atoms with van der Waals surface area (Å²) in [5, 5.41) is 7.18. The van der Waals surface area contributed by atoms with E-state index in [0.717, 1.165) is 58.6 Å². The summed E-state index contributed by atoms with van der Waals surface area (Å²) in [6, 6.07) is 18.5. The zero-order valence-corrected chi connectivity index (χ0v) is 25.8. The summed E-state index contributed by atoms with van der Waals surface area (Å²) in [5.41, 5.74) is 14.4. The zero-order valence-electron chi connectivity index (χ0n) is 25.0. The molecule has 0 atom stereocenters. The van der Waals surface area contributed by atoms with E-state index < -0.39 is 5.54 Å². The lowest BCUT2D eigenvalue weighted by atomic mass is 9.75. The fourth-order valence-electron chi connectivity index (χ4n) is 7.48. The van der Waals surface area contributed by atoms with Crippen molar-refractivity contribution in [2.24, 2.45) is 14.1 Å². The molecule has 0 saturated heterocycles. The summed E-state index contributed by atoms with van der Waals surface area (Å²) >= 11 is 1.43. The van der Waals surface area contributed by atoms with Crippen LogP contribution in [0.15, 0.2) is 66.2 Å². The molecule has 4 aromatic heterocycles. The van der Waals surface area contributed by atoms with E-state index in [1.54, 1.807) is 0 Å². The Morgan fingerprint density at radius 2 is 1.80 bits per heavy atom. The number of nitrogens with two attached hydrogens (primary N) is 1. The number of thiazole rings is 1. The first-order valence-electron chi connectivity index (χ1n) is 15.5. The highest BCUT2D eigenvalue weighted by Gasteiger charge is 2.44. The van der Waals surface area contributed by atoms with Crippen molar-refractivity contribution in [2.75, 3.05) is 5.73 Å². The smallest absolute Gasteiger partial charge is 0.252 e. The highest BCUT2D eigenvalue weighted by molar-refractivity contribution is 7.13. The predicted molar refractivity (Wildman–Crippen MR) is 177 cm³/mol. The second kappa shape index (κ2) is 10.3. The Kier molecular flexibility index (Phi) is 6.34. The van der Waals surface area contributed by atoms with Gasteiger partial charge in [-0.1, -0.05) is 31.0 Å². The number of rotatable bonds is 6. The molecule has 0 spiro atoms. The van der Waals surface area contributed by atoms with Gasteiger partial charge in [0.1, 0.15) is 5.82 Å². The van der Waals surface area contributed by atoms with E-state index in [0.29, 0.717) is 16.6 Å². The minimum absolute atomic E-state index is 0.0692. The highest BCUT2D eigenvalue weighted by atomic mass is 32.1. The van der Waals surface area contributed by atoms with Crippen LogP contribution in [0.1, 0.15) is 72.6 Å². The standard InChI is InChI=1S/C35H35N7OS/c1-41-29-19-23(11-13-24(29)30(21-8-3-4-9-21)31(41)25-10-5-6-17-37-25)32(43)40-35(15-7-16-35)33-38-26-18-22(12-14-28(26)42(33)2)27-20-44-34(36)39-27/h5-6,10-14,17-21H,3-4,7-9,15-16H2,1-2H3,(H2,36,39)(H,40,43). The first-order valence-corrected chi connectivity index (χ1v) is 16.3. The van der Waals surface area contributed by atoms with Crippen LogP contribution in [0.4, 0.5) is 5.13 Å². The third kappa shape index (κ3) is 4.24. The van der Waals surface area contributed by atoms with Gasteiger partial charge in [0.05, 0.1) is 33.7 Å². The van der Waals surface area contributed by atoms with Crippen molar-refractivity contribution in [2.45, 2.75) is 56.4 Å². The van der Waals surface area contributed by atoms with E-state index in [4.69, 9.17) is 15.7 Å². The number of nitrogen functional groups attached to an aromatic ring is 1. The third-order valence-corrected chi connectivity index (χ3v) is 10.5. The largest absolute Gasteiger partial charge is 0.375 e. The molecule has 222 valence electrons. The molecule has 0 unspecified atom stereocenters. The maximum absolute atomic E-state index is 14.0. The number of carbonyl (C=O) groups excluding carboxylic acids is 1. The molecule has 1 amide bonds. The van der Waals surface area contributed by atoms with Gasteiger partial charge in [0.15, 0.2) is 5.13 Å². The molecular formula is C35H35N7OS. The molecule has 2 aliphatic carbocycles. The van der Waals surface area contributed by atoms with Crippen molar-refractivity contribution >= 4 is 44.3 Å². The topological polar surface area (TPSA) is 104 Å². The van der Waals surface area contributed by atoms with Crippen LogP contribution in [0.25, 0.3) is 44.6 Å². The van der Waals surface area contributed by atoms with Gasteiger partial charge in [-0.05, 0) is 80.0 Å². The van der Waals surface area contributed by atoms with Gasteiger partial charge < -0.3 is 20.2 Å². The van der Waals surface area contributed by atoms with Gasteiger partial charge in [0.2, 0.25) is 0 Å². The number of anilines is 1. The number of amides is 1. The van der Waals surface area contributed by atoms with Gasteiger partial charge in [0.25, 0.3) is 5.91 Å². The molecular weight excluding hydrogens is 567 g/mol. The molecule has 2 aromatic carbocycles. The number of pyridine rings is 1. The van der Waals surface area contributed by atoms with Crippen LogP contribution in [-0.2, 0) is 19.6 Å². The minimum atomic E-state index is -0.507. The quantitative estimate of drug-likeness (QED) is 0.209. The zero-order chi connectivity index (χ0) is 30.0. The predicted octanol–water partition coefficient (Wildman–Crippen LogP) is 7.30. The lowest BCUT2D eigenvalue weighted by Gasteiger charge is -2.41. The van der Waals surface area contributed by atoms with E-state index in [1.807, 2.05) is 36.8 Å². The maximum Gasteiger partial charge on any atom is 0.252 e. The van der Waals surface area contributed by atoms with Gasteiger partial charge in [-0.3, -0.25) is 9.78 Å². The second-order valence-corrected chi connectivity index (χ2v) is 13.3. The normalized spacial score (nSPS) is 16.5. The van der Waals surface area contributed by atoms with Crippen molar-refractivity contribution in [3.63, 3.8) is 0 Å². The number of nitrogens with zero attached hydrogens (tertiary/aromatic N) is 5. The fourth-order valence-corrected chi connectivity index (χ4v) is 8.05. The summed E-state index contributed by atoms with van der Waals surface area (Å²) in [6.07, 6.45) is 9.52. The van der Waals surface area contributed by atoms with Gasteiger partial charge >= 0.3 is 0 Å². The number of aromatic nitrogens is 5. The molecule has 2 fully saturated rings. The molecule has 2 aliphatic rings. The van der Waals surface area contributed by atoms with Crippen molar-refractivity contribution < 1.29 is 4.79 Å². The molecule has 0 aliphatic heterocycles. The molecule has 3 N–H and O–H groups in total. The molecule has 4 heterocycles. The van der Waals surface area contributed by atoms with E-state index in [-0.39, 0.29) is 5.91 Å².